The van der Waals surface area contributed by atoms with E-state index in [-0.39, 0.29) is 0 Å². The minimum absolute atomic E-state index is 0.332. The van der Waals surface area contributed by atoms with Gasteiger partial charge in [0.25, 0.3) is 0 Å². The number of benzene rings is 1. The van der Waals surface area contributed by atoms with Gasteiger partial charge in [0.2, 0.25) is 28.4 Å². The van der Waals surface area contributed by atoms with Gasteiger partial charge in [-0.2, -0.15) is 9.97 Å². The average Bonchev–Trinajstić information content (AvgIpc) is 2.42. The molecule has 0 aliphatic heterocycles. The Kier molecular flexibility index (Phi) is 6.37. The molecule has 0 aliphatic carbocycles. The summed E-state index contributed by atoms with van der Waals surface area (Å²) < 4.78 is 18.5. The summed E-state index contributed by atoms with van der Waals surface area (Å²) in [6, 6.07) is 6.46. The first-order valence-corrected chi connectivity index (χ1v) is 16.2. The average molecular weight is 405 g/mol. The first-order valence-electron chi connectivity index (χ1n) is 9.41. The quantitative estimate of drug-likeness (QED) is 0.540. The highest BCUT2D eigenvalue weighted by Crippen LogP contribution is 2.34. The van der Waals surface area contributed by atoms with Crippen molar-refractivity contribution in [1.82, 2.24) is 9.97 Å². The molecular weight excluding hydrogens is 372 g/mol. The Labute approximate surface area is 165 Å². The van der Waals surface area contributed by atoms with Gasteiger partial charge in [-0.3, -0.25) is 0 Å². The van der Waals surface area contributed by atoms with Crippen LogP contribution in [0.4, 0.5) is 0 Å². The van der Waals surface area contributed by atoms with Crippen LogP contribution < -0.4 is 13.6 Å². The molecule has 0 saturated heterocycles. The van der Waals surface area contributed by atoms with E-state index in [9.17, 15) is 0 Å². The summed E-state index contributed by atoms with van der Waals surface area (Å²) in [5.41, 5.74) is 3.17. The number of nitrogens with zero attached hydrogens (tertiary/aromatic N) is 2. The smallest absolute Gasteiger partial charge is 0.309 e. The molecule has 0 radical (unpaired) electrons. The fraction of sp³-hybridized carbons (Fsp3) is 0.500. The fourth-order valence-electron chi connectivity index (χ4n) is 2.61. The molecule has 1 aromatic heterocycles. The fourth-order valence-corrected chi connectivity index (χ4v) is 4.00. The Balaban J connectivity index is 2.54. The second-order valence-corrected chi connectivity index (χ2v) is 17.7. The van der Waals surface area contributed by atoms with Gasteiger partial charge in [-0.05, 0) is 82.8 Å². The maximum atomic E-state index is 6.25. The van der Waals surface area contributed by atoms with Crippen molar-refractivity contribution in [2.45, 2.75) is 66.5 Å². The van der Waals surface area contributed by atoms with E-state index in [2.05, 4.69) is 76.1 Å². The maximum absolute atomic E-state index is 6.25. The van der Waals surface area contributed by atoms with Crippen LogP contribution in [-0.4, -0.2) is 26.6 Å². The normalized spacial score (nSPS) is 12.0. The lowest BCUT2D eigenvalue weighted by Crippen LogP contribution is -2.32. The third-order valence-corrected chi connectivity index (χ3v) is 5.07. The molecule has 5 nitrogen and oxygen atoms in total. The molecule has 1 aromatic carbocycles. The van der Waals surface area contributed by atoms with Crippen molar-refractivity contribution in [1.29, 1.82) is 0 Å². The lowest BCUT2D eigenvalue weighted by molar-refractivity contribution is 0.414. The Bertz CT molecular complexity index is 792. The SMILES string of the molecule is CCc1c(Oc2cc(C)cc(C)c2)nc(O[Si](C)(C)C)nc1O[Si](C)(C)C. The topological polar surface area (TPSA) is 53.5 Å². The van der Waals surface area contributed by atoms with Gasteiger partial charge in [0.05, 0.1) is 5.56 Å². The summed E-state index contributed by atoms with van der Waals surface area (Å²) in [7, 11) is -3.72. The monoisotopic (exact) mass is 404 g/mol. The van der Waals surface area contributed by atoms with E-state index in [0.29, 0.717) is 24.2 Å². The van der Waals surface area contributed by atoms with E-state index >= 15 is 0 Å². The molecule has 148 valence electrons. The third kappa shape index (κ3) is 6.66. The van der Waals surface area contributed by atoms with Gasteiger partial charge < -0.3 is 13.6 Å². The highest BCUT2D eigenvalue weighted by molar-refractivity contribution is 6.70. The summed E-state index contributed by atoms with van der Waals surface area (Å²) in [6.45, 7) is 18.9. The van der Waals surface area contributed by atoms with E-state index in [1.165, 1.54) is 0 Å². The molecule has 0 unspecified atom stereocenters. The first kappa shape index (κ1) is 21.4. The molecular formula is C20H32N2O3Si2. The van der Waals surface area contributed by atoms with Crippen molar-refractivity contribution in [2.75, 3.05) is 0 Å². The zero-order valence-corrected chi connectivity index (χ0v) is 20.1. The van der Waals surface area contributed by atoms with Crippen LogP contribution >= 0.6 is 0 Å². The van der Waals surface area contributed by atoms with Crippen molar-refractivity contribution in [3.63, 3.8) is 0 Å². The number of hydrogen-bond acceptors (Lipinski definition) is 5. The van der Waals surface area contributed by atoms with Gasteiger partial charge in [-0.25, -0.2) is 0 Å². The van der Waals surface area contributed by atoms with Gasteiger partial charge in [-0.1, -0.05) is 13.0 Å². The second-order valence-electron chi connectivity index (χ2n) is 8.80. The van der Waals surface area contributed by atoms with Crippen LogP contribution in [0.2, 0.25) is 39.3 Å². The van der Waals surface area contributed by atoms with Gasteiger partial charge in [-0.15, -0.1) is 0 Å². The predicted octanol–water partition coefficient (Wildman–Crippen LogP) is 5.88. The predicted molar refractivity (Wildman–Crippen MR) is 115 cm³/mol. The van der Waals surface area contributed by atoms with Crippen LogP contribution in [-0.2, 0) is 6.42 Å². The Morgan fingerprint density at radius 2 is 1.30 bits per heavy atom. The van der Waals surface area contributed by atoms with Gasteiger partial charge in [0.1, 0.15) is 5.75 Å². The standard InChI is InChI=1S/C20H32N2O3Si2/c1-10-17-18(23-16-12-14(2)11-15(3)13-16)21-20(25-27(7,8)9)22-19(17)24-26(4,5)6/h11-13H,10H2,1-9H3. The van der Waals surface area contributed by atoms with Crippen LogP contribution in [0.25, 0.3) is 0 Å². The third-order valence-electron chi connectivity index (χ3n) is 3.47. The van der Waals surface area contributed by atoms with Crippen molar-refractivity contribution >= 4 is 16.6 Å². The van der Waals surface area contributed by atoms with Crippen LogP contribution in [0, 0.1) is 13.8 Å². The molecule has 2 aromatic rings. The Morgan fingerprint density at radius 1 is 0.778 bits per heavy atom. The van der Waals surface area contributed by atoms with Crippen molar-refractivity contribution in [2.24, 2.45) is 0 Å². The number of aromatic nitrogens is 2. The molecule has 0 saturated carbocycles. The zero-order chi connectivity index (χ0) is 20.4. The number of rotatable bonds is 7. The van der Waals surface area contributed by atoms with E-state index in [1.807, 2.05) is 12.1 Å². The first-order chi connectivity index (χ1) is 12.4. The summed E-state index contributed by atoms with van der Waals surface area (Å²) in [6.07, 6.45) is 0.715. The highest BCUT2D eigenvalue weighted by atomic mass is 28.4. The van der Waals surface area contributed by atoms with Crippen LogP contribution in [0.1, 0.15) is 23.6 Å². The van der Waals surface area contributed by atoms with E-state index < -0.39 is 16.6 Å². The lowest BCUT2D eigenvalue weighted by atomic mass is 10.1. The lowest BCUT2D eigenvalue weighted by Gasteiger charge is -2.24. The van der Waals surface area contributed by atoms with Gasteiger partial charge in [0, 0.05) is 0 Å². The van der Waals surface area contributed by atoms with E-state index in [0.717, 1.165) is 22.4 Å². The molecule has 0 fully saturated rings. The summed E-state index contributed by atoms with van der Waals surface area (Å²) in [5.74, 6) is 1.86. The molecule has 0 spiro atoms. The molecule has 0 aliphatic rings. The molecule has 0 bridgehead atoms. The summed E-state index contributed by atoms with van der Waals surface area (Å²) >= 11 is 0. The maximum Gasteiger partial charge on any atom is 0.309 e. The summed E-state index contributed by atoms with van der Waals surface area (Å²) in [4.78, 5) is 9.17. The van der Waals surface area contributed by atoms with Crippen molar-refractivity contribution in [3.8, 4) is 23.5 Å². The molecule has 0 amide bonds. The van der Waals surface area contributed by atoms with Crippen LogP contribution in [0.15, 0.2) is 18.2 Å². The molecule has 7 heteroatoms. The van der Waals surface area contributed by atoms with Crippen molar-refractivity contribution in [3.05, 3.63) is 34.9 Å². The number of aryl methyl sites for hydroxylation is 2. The number of hydrogen-bond donors (Lipinski definition) is 0. The molecule has 2 rings (SSSR count). The Morgan fingerprint density at radius 3 is 1.78 bits per heavy atom. The van der Waals surface area contributed by atoms with Crippen molar-refractivity contribution < 1.29 is 13.6 Å². The Hall–Kier alpha value is -1.87. The highest BCUT2D eigenvalue weighted by Gasteiger charge is 2.26. The largest absolute Gasteiger partial charge is 0.531 e. The van der Waals surface area contributed by atoms with Crippen LogP contribution in [0.5, 0.6) is 23.5 Å². The minimum atomic E-state index is -1.86. The molecule has 0 N–H and O–H groups in total. The van der Waals surface area contributed by atoms with Gasteiger partial charge >= 0.3 is 6.01 Å². The summed E-state index contributed by atoms with van der Waals surface area (Å²) in [5, 5.41) is 0. The van der Waals surface area contributed by atoms with Gasteiger partial charge in [0.15, 0.2) is 0 Å². The second kappa shape index (κ2) is 8.02. The molecule has 1 heterocycles. The van der Waals surface area contributed by atoms with E-state index in [4.69, 9.17) is 13.6 Å². The van der Waals surface area contributed by atoms with E-state index in [1.54, 1.807) is 0 Å². The van der Waals surface area contributed by atoms with Crippen LogP contribution in [0.3, 0.4) is 0 Å². The minimum Gasteiger partial charge on any atom is -0.531 e. The zero-order valence-electron chi connectivity index (χ0n) is 18.1. The molecule has 27 heavy (non-hydrogen) atoms. The molecule has 0 atom stereocenters. The number of ether oxygens (including phenoxy) is 1.